The van der Waals surface area contributed by atoms with Gasteiger partial charge in [-0.3, -0.25) is 13.9 Å². The molecule has 0 aromatic heterocycles. The van der Waals surface area contributed by atoms with E-state index in [4.69, 9.17) is 14.2 Å². The van der Waals surface area contributed by atoms with E-state index in [0.29, 0.717) is 43.4 Å². The molecule has 1 amide bonds. The third-order valence-electron chi connectivity index (χ3n) is 18.0. The van der Waals surface area contributed by atoms with Crippen LogP contribution in [0.25, 0.3) is 0 Å². The molecule has 0 aromatic carbocycles. The maximum absolute atomic E-state index is 11.1. The van der Waals surface area contributed by atoms with Crippen LogP contribution in [-0.2, 0) is 29.8 Å². The van der Waals surface area contributed by atoms with E-state index in [0.717, 1.165) is 132 Å². The van der Waals surface area contributed by atoms with Gasteiger partial charge >= 0.3 is 0 Å². The van der Waals surface area contributed by atoms with E-state index in [1.54, 1.807) is 6.92 Å². The van der Waals surface area contributed by atoms with Gasteiger partial charge in [-0.05, 0) is 164 Å². The van der Waals surface area contributed by atoms with Crippen molar-refractivity contribution in [2.45, 2.75) is 276 Å². The van der Waals surface area contributed by atoms with Crippen molar-refractivity contribution >= 4 is 16.7 Å². The number of piperidine rings is 1. The van der Waals surface area contributed by atoms with Gasteiger partial charge in [0.05, 0.1) is 13.2 Å². The summed E-state index contributed by atoms with van der Waals surface area (Å²) in [6.45, 7) is 71.0. The second kappa shape index (κ2) is 34.2. The van der Waals surface area contributed by atoms with Crippen molar-refractivity contribution in [2.75, 3.05) is 77.3 Å². The van der Waals surface area contributed by atoms with Crippen molar-refractivity contribution in [3.8, 4) is 0 Å². The fourth-order valence-corrected chi connectivity index (χ4v) is 11.5. The summed E-state index contributed by atoms with van der Waals surface area (Å²) in [4.78, 5) is 15.5. The van der Waals surface area contributed by atoms with Crippen molar-refractivity contribution in [2.24, 2.45) is 79.3 Å². The SMILES string of the molecule is CC(=O)N1CCC(C(C)(C)C)CC1.CC(C)(C)C1CCC1.CC(C)(C)C1CCOC1.CC(C)(C)C1CCOCC1.CC(C)(C)C1CCS(=O)CC1.CC(C)(C)CC1CC1.CC(C)(C)N1CCOCC1.CC(C)C(C)(C)C. The molecule has 1 atom stereocenters. The van der Waals surface area contributed by atoms with Crippen LogP contribution >= 0.6 is 0 Å². The summed E-state index contributed by atoms with van der Waals surface area (Å²) in [5, 5.41) is 0. The number of likely N-dealkylation sites (tertiary alicyclic amines) is 1. The summed E-state index contributed by atoms with van der Waals surface area (Å²) in [7, 11) is -0.496. The van der Waals surface area contributed by atoms with E-state index in [1.165, 1.54) is 70.6 Å². The normalized spacial score (nSPS) is 23.7. The van der Waals surface area contributed by atoms with Crippen LogP contribution in [0.15, 0.2) is 0 Å². The minimum absolute atomic E-state index is 0.229. The third-order valence-corrected chi connectivity index (χ3v) is 19.4. The molecule has 0 spiro atoms. The minimum atomic E-state index is -0.496. The van der Waals surface area contributed by atoms with Gasteiger partial charge in [0.25, 0.3) is 0 Å². The van der Waals surface area contributed by atoms with Crippen LogP contribution in [0.2, 0.25) is 0 Å². The first kappa shape index (κ1) is 75.5. The lowest BCUT2D eigenvalue weighted by molar-refractivity contribution is -0.130. The molecular weight excluding hydrogens is 957 g/mol. The molecule has 0 aromatic rings. The Labute approximate surface area is 480 Å². The summed E-state index contributed by atoms with van der Waals surface area (Å²) in [6.07, 6.45) is 17.3. The number of rotatable bonds is 1. The van der Waals surface area contributed by atoms with Gasteiger partial charge in [-0.1, -0.05) is 179 Å². The van der Waals surface area contributed by atoms with Crippen LogP contribution in [0.1, 0.15) is 270 Å². The molecule has 1 unspecified atom stereocenters. The highest BCUT2D eigenvalue weighted by atomic mass is 32.2. The van der Waals surface area contributed by atoms with Crippen molar-refractivity contribution in [3.63, 3.8) is 0 Å². The Kier molecular flexibility index (Phi) is 33.9. The van der Waals surface area contributed by atoms with Crippen LogP contribution in [0.5, 0.6) is 0 Å². The molecule has 2 saturated carbocycles. The van der Waals surface area contributed by atoms with Gasteiger partial charge in [0.2, 0.25) is 5.91 Å². The number of hydrogen-bond acceptors (Lipinski definition) is 6. The number of hydrogen-bond donors (Lipinski definition) is 0. The molecule has 456 valence electrons. The Morgan fingerprint density at radius 1 is 0.461 bits per heavy atom. The molecular formula is C68H138N2O5S. The Bertz CT molecular complexity index is 1460. The highest BCUT2D eigenvalue weighted by Crippen LogP contribution is 2.42. The van der Waals surface area contributed by atoms with Gasteiger partial charge in [0.15, 0.2) is 0 Å². The largest absolute Gasteiger partial charge is 0.381 e. The predicted octanol–water partition coefficient (Wildman–Crippen LogP) is 18.5. The lowest BCUT2D eigenvalue weighted by Gasteiger charge is -2.38. The second-order valence-electron chi connectivity index (χ2n) is 33.3. The van der Waals surface area contributed by atoms with Gasteiger partial charge < -0.3 is 19.1 Å². The topological polar surface area (TPSA) is 68.3 Å². The van der Waals surface area contributed by atoms with Gasteiger partial charge in [-0.15, -0.1) is 0 Å². The molecule has 0 bridgehead atoms. The molecule has 5 saturated heterocycles. The van der Waals surface area contributed by atoms with E-state index in [1.807, 2.05) is 4.90 Å². The first-order valence-electron chi connectivity index (χ1n) is 31.4. The molecule has 7 nitrogen and oxygen atoms in total. The quantitative estimate of drug-likeness (QED) is 0.261. The molecule has 7 fully saturated rings. The smallest absolute Gasteiger partial charge is 0.219 e. The molecule has 5 aliphatic heterocycles. The molecule has 0 radical (unpaired) electrons. The number of morpholine rings is 1. The zero-order valence-electron chi connectivity index (χ0n) is 56.6. The lowest BCUT2D eigenvalue weighted by atomic mass is 9.69. The van der Waals surface area contributed by atoms with Gasteiger partial charge in [0, 0.05) is 87.4 Å². The fourth-order valence-electron chi connectivity index (χ4n) is 10.2. The first-order chi connectivity index (χ1) is 34.4. The van der Waals surface area contributed by atoms with Gasteiger partial charge in [0.1, 0.15) is 0 Å². The molecule has 7 aliphatic rings. The molecule has 7 rings (SSSR count). The predicted molar refractivity (Wildman–Crippen MR) is 336 cm³/mol. The highest BCUT2D eigenvalue weighted by Gasteiger charge is 2.32. The van der Waals surface area contributed by atoms with Gasteiger partial charge in [-0.2, -0.15) is 0 Å². The van der Waals surface area contributed by atoms with Gasteiger partial charge in [-0.25, -0.2) is 0 Å². The summed E-state index contributed by atoms with van der Waals surface area (Å²) in [5.41, 5.74) is 3.77. The Hall–Kier alpha value is -0.540. The Morgan fingerprint density at radius 3 is 1.03 bits per heavy atom. The molecule has 2 aliphatic carbocycles. The van der Waals surface area contributed by atoms with E-state index in [9.17, 15) is 9.00 Å². The standard InChI is InChI=1S/C11H21NO.C9H18OS.C9H18O.C8H17NO.C8H16O.2C8H16.C7H16/c1-9(13)12-7-5-10(6-8-12)11(2,3)4;1-9(2,3)8-4-6-11(10)7-5-8;1-9(2,3)8-4-6-10-7-5-8;1-8(2,3)9-4-6-10-7-5-9;1-8(2,3)7-4-5-9-6-7;1-8(2,3)6-7-4-5-7;1-8(2,3)7-5-4-6-7;1-6(2)7(3,4)5/h10H,5-8H2,1-4H3;8H,4-7H2,1-3H3;8H,4-7H2,1-3H3;4-7H2,1-3H3;7H,4-6H2,1-3H3;2*7H,4-6H2,1-3H3;6H,1-5H3. The number of nitrogens with zero attached hydrogens (tertiary/aromatic N) is 2. The van der Waals surface area contributed by atoms with Crippen molar-refractivity contribution in [3.05, 3.63) is 0 Å². The zero-order chi connectivity index (χ0) is 59.1. The van der Waals surface area contributed by atoms with Crippen molar-refractivity contribution < 1.29 is 23.2 Å². The molecule has 5 heterocycles. The average Bonchev–Trinajstić information content (AvgIpc) is 3.85. The van der Waals surface area contributed by atoms with Crippen molar-refractivity contribution in [1.29, 1.82) is 0 Å². The fraction of sp³-hybridized carbons (Fsp3) is 0.985. The molecule has 8 heteroatoms. The number of carbonyl (C=O) groups is 1. The van der Waals surface area contributed by atoms with Crippen LogP contribution in [0, 0.1) is 79.3 Å². The van der Waals surface area contributed by atoms with E-state index >= 15 is 0 Å². The van der Waals surface area contributed by atoms with E-state index in [2.05, 4.69) is 185 Å². The monoisotopic (exact) mass is 1100 g/mol. The van der Waals surface area contributed by atoms with Crippen molar-refractivity contribution in [1.82, 2.24) is 9.80 Å². The highest BCUT2D eigenvalue weighted by molar-refractivity contribution is 7.85. The molecule has 76 heavy (non-hydrogen) atoms. The summed E-state index contributed by atoms with van der Waals surface area (Å²) in [6, 6.07) is 0. The third kappa shape index (κ3) is 36.7. The zero-order valence-corrected chi connectivity index (χ0v) is 57.4. The maximum Gasteiger partial charge on any atom is 0.219 e. The van der Waals surface area contributed by atoms with Crippen LogP contribution in [0.3, 0.4) is 0 Å². The summed E-state index contributed by atoms with van der Waals surface area (Å²) >= 11 is 0. The lowest BCUT2D eigenvalue weighted by Crippen LogP contribution is -2.47. The average molecular weight is 1100 g/mol. The minimum Gasteiger partial charge on any atom is -0.381 e. The van der Waals surface area contributed by atoms with Crippen LogP contribution in [0.4, 0.5) is 0 Å². The number of carbonyl (C=O) groups excluding carboxylic acids is 1. The van der Waals surface area contributed by atoms with E-state index in [-0.39, 0.29) is 5.91 Å². The first-order valence-corrected chi connectivity index (χ1v) is 32.9. The summed E-state index contributed by atoms with van der Waals surface area (Å²) < 4.78 is 26.9. The second-order valence-corrected chi connectivity index (χ2v) is 35.0. The number of ether oxygens (including phenoxy) is 3. The Morgan fingerprint density at radius 2 is 0.803 bits per heavy atom. The van der Waals surface area contributed by atoms with Crippen LogP contribution in [-0.4, -0.2) is 103 Å². The molecule has 0 N–H and O–H groups in total. The maximum atomic E-state index is 11.1. The number of amides is 1. The van der Waals surface area contributed by atoms with Crippen LogP contribution < -0.4 is 0 Å². The Balaban J connectivity index is 0.000000851. The van der Waals surface area contributed by atoms with E-state index < -0.39 is 10.8 Å². The summed E-state index contributed by atoms with van der Waals surface area (Å²) in [5.74, 6) is 8.25.